The largest absolute Gasteiger partial charge is 0.482 e. The number of hydrazine groups is 1. The standard InChI is InChI=1S/C30H28N4O3/c1-2-26-24-17-20(30(36)31-21-14-16-28-25(18-21)32-29(35)19-37-28)13-15-27(24)34(23-11-7-4-8-12-23)33(26)22-9-5-3-6-10-22/h3,5-6,9-10,13-18,23H,1,4,7-8,11-12,19H2,(H,31,36)(H,32,35). The maximum absolute atomic E-state index is 13.3. The number of fused-ring (bicyclic) bond motifs is 2. The summed E-state index contributed by atoms with van der Waals surface area (Å²) in [5.74, 6) is 0.125. The molecule has 1 fully saturated rings. The number of ether oxygens (including phenoxy) is 1. The molecule has 7 nitrogen and oxygen atoms in total. The number of nitrogens with one attached hydrogen (secondary N) is 2. The van der Waals surface area contributed by atoms with E-state index in [1.165, 1.54) is 19.3 Å². The first-order valence-corrected chi connectivity index (χ1v) is 12.7. The fraction of sp³-hybridized carbons (Fsp3) is 0.233. The second kappa shape index (κ2) is 9.52. The summed E-state index contributed by atoms with van der Waals surface area (Å²) in [6, 6.07) is 21.6. The third kappa shape index (κ3) is 4.24. The number of para-hydroxylation sites is 1. The van der Waals surface area contributed by atoms with Crippen LogP contribution >= 0.6 is 0 Å². The van der Waals surface area contributed by atoms with Crippen LogP contribution in [0, 0.1) is 0 Å². The highest BCUT2D eigenvalue weighted by atomic mass is 16.5. The molecule has 1 saturated carbocycles. The SMILES string of the molecule is C=C=C1c2cc(C(=O)Nc3ccc4c(c3)NC(=O)CO4)ccc2N(C2CCCCC2)N1c1ccccc1. The van der Waals surface area contributed by atoms with Crippen LogP contribution in [0.25, 0.3) is 5.70 Å². The number of amides is 2. The quantitative estimate of drug-likeness (QED) is 0.439. The smallest absolute Gasteiger partial charge is 0.262 e. The average molecular weight is 493 g/mol. The summed E-state index contributed by atoms with van der Waals surface area (Å²) < 4.78 is 5.41. The van der Waals surface area contributed by atoms with Gasteiger partial charge in [0.15, 0.2) is 6.61 Å². The van der Waals surface area contributed by atoms with E-state index in [4.69, 9.17) is 4.74 Å². The van der Waals surface area contributed by atoms with Crippen LogP contribution in [0.15, 0.2) is 79.0 Å². The molecule has 2 amide bonds. The van der Waals surface area contributed by atoms with Gasteiger partial charge < -0.3 is 15.4 Å². The molecule has 3 aliphatic rings. The molecule has 37 heavy (non-hydrogen) atoms. The highest BCUT2D eigenvalue weighted by Crippen LogP contribution is 2.45. The molecule has 7 heteroatoms. The summed E-state index contributed by atoms with van der Waals surface area (Å²) in [6.45, 7) is 4.00. The Kier molecular flexibility index (Phi) is 5.91. The average Bonchev–Trinajstić information content (AvgIpc) is 3.27. The fourth-order valence-corrected chi connectivity index (χ4v) is 5.44. The van der Waals surface area contributed by atoms with Gasteiger partial charge >= 0.3 is 0 Å². The highest BCUT2D eigenvalue weighted by molar-refractivity contribution is 6.07. The van der Waals surface area contributed by atoms with Crippen LogP contribution in [0.4, 0.5) is 22.7 Å². The number of carbonyl (C=O) groups is 2. The third-order valence-corrected chi connectivity index (χ3v) is 7.15. The van der Waals surface area contributed by atoms with Gasteiger partial charge in [-0.1, -0.05) is 44.0 Å². The molecule has 0 bridgehead atoms. The molecule has 186 valence electrons. The van der Waals surface area contributed by atoms with E-state index < -0.39 is 0 Å². The number of nitrogens with zero attached hydrogens (tertiary/aromatic N) is 2. The van der Waals surface area contributed by atoms with Crippen molar-refractivity contribution in [2.24, 2.45) is 0 Å². The van der Waals surface area contributed by atoms with E-state index in [1.54, 1.807) is 18.2 Å². The van der Waals surface area contributed by atoms with Crippen LogP contribution in [0.2, 0.25) is 0 Å². The molecule has 0 saturated heterocycles. The van der Waals surface area contributed by atoms with E-state index in [-0.39, 0.29) is 18.4 Å². The van der Waals surface area contributed by atoms with Gasteiger partial charge in [-0.2, -0.15) is 0 Å². The predicted octanol–water partition coefficient (Wildman–Crippen LogP) is 5.97. The number of anilines is 4. The molecule has 3 aromatic rings. The van der Waals surface area contributed by atoms with Crippen LogP contribution < -0.4 is 25.4 Å². The van der Waals surface area contributed by atoms with Gasteiger partial charge in [-0.3, -0.25) is 14.6 Å². The lowest BCUT2D eigenvalue weighted by atomic mass is 9.94. The lowest BCUT2D eigenvalue weighted by Crippen LogP contribution is -2.45. The molecule has 6 rings (SSSR count). The van der Waals surface area contributed by atoms with Gasteiger partial charge in [0, 0.05) is 16.8 Å². The number of hydrogen-bond donors (Lipinski definition) is 2. The predicted molar refractivity (Wildman–Crippen MR) is 146 cm³/mol. The van der Waals surface area contributed by atoms with Gasteiger partial charge in [-0.15, -0.1) is 5.73 Å². The van der Waals surface area contributed by atoms with Crippen LogP contribution in [0.1, 0.15) is 48.0 Å². The first-order valence-electron chi connectivity index (χ1n) is 12.7. The van der Waals surface area contributed by atoms with Crippen molar-refractivity contribution in [1.29, 1.82) is 0 Å². The first-order chi connectivity index (χ1) is 18.1. The lowest BCUT2D eigenvalue weighted by molar-refractivity contribution is -0.118. The van der Waals surface area contributed by atoms with Gasteiger partial charge in [0.1, 0.15) is 11.4 Å². The Morgan fingerprint density at radius 3 is 2.62 bits per heavy atom. The van der Waals surface area contributed by atoms with Gasteiger partial charge in [0.25, 0.3) is 11.8 Å². The monoisotopic (exact) mass is 492 g/mol. The zero-order valence-corrected chi connectivity index (χ0v) is 20.5. The molecule has 2 aliphatic heterocycles. The molecule has 3 aromatic carbocycles. The number of carbonyl (C=O) groups excluding carboxylic acids is 2. The molecule has 2 heterocycles. The third-order valence-electron chi connectivity index (χ3n) is 7.15. The Morgan fingerprint density at radius 1 is 1.03 bits per heavy atom. The van der Waals surface area contributed by atoms with Crippen molar-refractivity contribution in [1.82, 2.24) is 0 Å². The molecule has 0 unspecified atom stereocenters. The Balaban J connectivity index is 1.33. The van der Waals surface area contributed by atoms with E-state index in [0.717, 1.165) is 35.5 Å². The van der Waals surface area contributed by atoms with Crippen molar-refractivity contribution in [2.45, 2.75) is 38.1 Å². The summed E-state index contributed by atoms with van der Waals surface area (Å²) in [7, 11) is 0. The number of hydrogen-bond acceptors (Lipinski definition) is 5. The van der Waals surface area contributed by atoms with E-state index in [2.05, 4.69) is 45.1 Å². The second-order valence-corrected chi connectivity index (χ2v) is 9.54. The lowest BCUT2D eigenvalue weighted by Gasteiger charge is -2.40. The summed E-state index contributed by atoms with van der Waals surface area (Å²) in [6.07, 6.45) is 5.92. The Bertz CT molecular complexity index is 1420. The fourth-order valence-electron chi connectivity index (χ4n) is 5.44. The van der Waals surface area contributed by atoms with Crippen LogP contribution in [0.5, 0.6) is 5.75 Å². The molecule has 0 radical (unpaired) electrons. The minimum absolute atomic E-state index is 0.00907. The maximum atomic E-state index is 13.3. The summed E-state index contributed by atoms with van der Waals surface area (Å²) >= 11 is 0. The molecule has 1 aliphatic carbocycles. The van der Waals surface area contributed by atoms with Crippen LogP contribution in [-0.2, 0) is 4.79 Å². The van der Waals surface area contributed by atoms with E-state index >= 15 is 0 Å². The summed E-state index contributed by atoms with van der Waals surface area (Å²) in [5, 5.41) is 10.3. The molecule has 0 spiro atoms. The first kappa shape index (κ1) is 23.0. The number of rotatable bonds is 4. The second-order valence-electron chi connectivity index (χ2n) is 9.54. The van der Waals surface area contributed by atoms with Crippen LogP contribution in [0.3, 0.4) is 0 Å². The minimum Gasteiger partial charge on any atom is -0.482 e. The van der Waals surface area contributed by atoms with E-state index in [9.17, 15) is 9.59 Å². The van der Waals surface area contributed by atoms with Gasteiger partial charge in [-0.05, 0) is 61.4 Å². The molecular formula is C30H28N4O3. The van der Waals surface area contributed by atoms with Crippen molar-refractivity contribution in [3.8, 4) is 5.75 Å². The van der Waals surface area contributed by atoms with E-state index in [1.807, 2.05) is 36.4 Å². The molecule has 2 N–H and O–H groups in total. The zero-order chi connectivity index (χ0) is 25.4. The van der Waals surface area contributed by atoms with Crippen molar-refractivity contribution < 1.29 is 14.3 Å². The topological polar surface area (TPSA) is 73.9 Å². The van der Waals surface area contributed by atoms with E-state index in [0.29, 0.717) is 28.7 Å². The van der Waals surface area contributed by atoms with Crippen molar-refractivity contribution in [3.05, 3.63) is 90.2 Å². The van der Waals surface area contributed by atoms with Crippen molar-refractivity contribution >= 4 is 40.3 Å². The Morgan fingerprint density at radius 2 is 1.84 bits per heavy atom. The number of benzene rings is 3. The maximum Gasteiger partial charge on any atom is 0.262 e. The minimum atomic E-state index is -0.239. The molecule has 0 aromatic heterocycles. The Hall–Kier alpha value is -4.48. The molecular weight excluding hydrogens is 464 g/mol. The Labute approximate surface area is 216 Å². The van der Waals surface area contributed by atoms with Gasteiger partial charge in [0.05, 0.1) is 23.1 Å². The zero-order valence-electron chi connectivity index (χ0n) is 20.5. The van der Waals surface area contributed by atoms with Crippen molar-refractivity contribution in [2.75, 3.05) is 27.3 Å². The van der Waals surface area contributed by atoms with Crippen molar-refractivity contribution in [3.63, 3.8) is 0 Å². The summed E-state index contributed by atoms with van der Waals surface area (Å²) in [4.78, 5) is 24.9. The normalized spacial score (nSPS) is 16.9. The van der Waals surface area contributed by atoms with Gasteiger partial charge in [0.2, 0.25) is 0 Å². The summed E-state index contributed by atoms with van der Waals surface area (Å²) in [5.41, 5.74) is 8.68. The van der Waals surface area contributed by atoms with Crippen LogP contribution in [-0.4, -0.2) is 24.5 Å². The van der Waals surface area contributed by atoms with Gasteiger partial charge in [-0.25, -0.2) is 5.01 Å². The highest BCUT2D eigenvalue weighted by Gasteiger charge is 2.37. The molecule has 0 atom stereocenters.